The molecule has 78 valence electrons. The molecule has 0 aromatic carbocycles. The maximum absolute atomic E-state index is 4.15. The first-order chi connectivity index (χ1) is 7.25. The number of nitrogens with one attached hydrogen (secondary N) is 2. The van der Waals surface area contributed by atoms with Crippen molar-refractivity contribution in [3.8, 4) is 0 Å². The highest BCUT2D eigenvalue weighted by Gasteiger charge is 2.00. The number of hydrogen-bond donors (Lipinski definition) is 2. The molecule has 0 unspecified atom stereocenters. The average molecular weight is 203 g/mol. The maximum atomic E-state index is 4.15. The van der Waals surface area contributed by atoms with E-state index in [9.17, 15) is 0 Å². The molecule has 2 N–H and O–H groups in total. The summed E-state index contributed by atoms with van der Waals surface area (Å²) in [6.07, 6.45) is 5.38. The van der Waals surface area contributed by atoms with Crippen LogP contribution in [0.4, 0.5) is 5.95 Å². The zero-order chi connectivity index (χ0) is 10.7. The molecule has 0 bridgehead atoms. The van der Waals surface area contributed by atoms with Gasteiger partial charge in [-0.15, -0.1) is 0 Å². The van der Waals surface area contributed by atoms with Crippen LogP contribution in [0, 0.1) is 13.8 Å². The molecule has 0 saturated carbocycles. The van der Waals surface area contributed by atoms with E-state index < -0.39 is 0 Å². The van der Waals surface area contributed by atoms with Crippen LogP contribution >= 0.6 is 0 Å². The molecule has 2 aromatic heterocycles. The number of aromatic nitrogens is 4. The van der Waals surface area contributed by atoms with Gasteiger partial charge in [-0.2, -0.15) is 5.10 Å². The molecule has 0 aliphatic heterocycles. The summed E-state index contributed by atoms with van der Waals surface area (Å²) in [5.74, 6) is 0.640. The van der Waals surface area contributed by atoms with E-state index in [1.54, 1.807) is 18.6 Å². The van der Waals surface area contributed by atoms with Crippen LogP contribution in [-0.2, 0) is 6.54 Å². The molecule has 0 amide bonds. The smallest absolute Gasteiger partial charge is 0.222 e. The second kappa shape index (κ2) is 4.08. The summed E-state index contributed by atoms with van der Waals surface area (Å²) in [5.41, 5.74) is 3.24. The second-order valence-corrected chi connectivity index (χ2v) is 3.46. The van der Waals surface area contributed by atoms with Crippen LogP contribution in [0.2, 0.25) is 0 Å². The number of anilines is 1. The van der Waals surface area contributed by atoms with Gasteiger partial charge in [0.05, 0.1) is 6.20 Å². The van der Waals surface area contributed by atoms with Crippen LogP contribution in [0.25, 0.3) is 0 Å². The standard InChI is InChI=1S/C10H13N5/c1-7-3-11-10(12-4-7)13-5-9-6-14-15-8(9)2/h3-4,6H,5H2,1-2H3,(H,14,15)(H,11,12,13). The Balaban J connectivity index is 1.99. The summed E-state index contributed by atoms with van der Waals surface area (Å²) in [5, 5.41) is 9.96. The first-order valence-electron chi connectivity index (χ1n) is 4.77. The molecule has 0 radical (unpaired) electrons. The van der Waals surface area contributed by atoms with Crippen molar-refractivity contribution in [2.24, 2.45) is 0 Å². The Morgan fingerprint density at radius 2 is 1.93 bits per heavy atom. The van der Waals surface area contributed by atoms with E-state index >= 15 is 0 Å². The summed E-state index contributed by atoms with van der Waals surface area (Å²) in [6.45, 7) is 4.63. The van der Waals surface area contributed by atoms with Crippen molar-refractivity contribution in [2.45, 2.75) is 20.4 Å². The fourth-order valence-corrected chi connectivity index (χ4v) is 1.21. The van der Waals surface area contributed by atoms with Gasteiger partial charge in [-0.3, -0.25) is 5.10 Å². The van der Waals surface area contributed by atoms with E-state index in [1.807, 2.05) is 13.8 Å². The third-order valence-electron chi connectivity index (χ3n) is 2.15. The molecule has 0 aliphatic rings. The highest BCUT2D eigenvalue weighted by molar-refractivity contribution is 5.27. The van der Waals surface area contributed by atoms with E-state index in [0.29, 0.717) is 12.5 Å². The Labute approximate surface area is 88.0 Å². The van der Waals surface area contributed by atoms with Crippen molar-refractivity contribution in [1.29, 1.82) is 0 Å². The summed E-state index contributed by atoms with van der Waals surface area (Å²) in [7, 11) is 0. The molecule has 0 spiro atoms. The Morgan fingerprint density at radius 3 is 2.53 bits per heavy atom. The van der Waals surface area contributed by atoms with Gasteiger partial charge in [0.1, 0.15) is 0 Å². The highest BCUT2D eigenvalue weighted by Crippen LogP contribution is 2.05. The van der Waals surface area contributed by atoms with E-state index in [-0.39, 0.29) is 0 Å². The molecule has 5 nitrogen and oxygen atoms in total. The summed E-state index contributed by atoms with van der Waals surface area (Å²) in [6, 6.07) is 0. The number of rotatable bonds is 3. The van der Waals surface area contributed by atoms with Gasteiger partial charge in [0, 0.05) is 30.2 Å². The third kappa shape index (κ3) is 2.31. The molecule has 2 heterocycles. The minimum absolute atomic E-state index is 0.640. The van der Waals surface area contributed by atoms with E-state index in [2.05, 4.69) is 25.5 Å². The van der Waals surface area contributed by atoms with Gasteiger partial charge < -0.3 is 5.32 Å². The Bertz CT molecular complexity index is 431. The zero-order valence-corrected chi connectivity index (χ0v) is 8.78. The SMILES string of the molecule is Cc1cnc(NCc2cn[nH]c2C)nc1. The average Bonchev–Trinajstić information content (AvgIpc) is 2.63. The molecule has 0 saturated heterocycles. The zero-order valence-electron chi connectivity index (χ0n) is 8.78. The number of nitrogens with zero attached hydrogens (tertiary/aromatic N) is 3. The topological polar surface area (TPSA) is 66.5 Å². The maximum Gasteiger partial charge on any atom is 0.222 e. The van der Waals surface area contributed by atoms with Crippen molar-refractivity contribution in [2.75, 3.05) is 5.32 Å². The lowest BCUT2D eigenvalue weighted by atomic mass is 10.3. The van der Waals surface area contributed by atoms with Gasteiger partial charge in [-0.25, -0.2) is 9.97 Å². The van der Waals surface area contributed by atoms with Crippen LogP contribution in [0.1, 0.15) is 16.8 Å². The van der Waals surface area contributed by atoms with Crippen molar-refractivity contribution >= 4 is 5.95 Å². The van der Waals surface area contributed by atoms with Gasteiger partial charge >= 0.3 is 0 Å². The lowest BCUT2D eigenvalue weighted by Gasteiger charge is -2.03. The Hall–Kier alpha value is -1.91. The molecule has 2 aromatic rings. The van der Waals surface area contributed by atoms with Crippen molar-refractivity contribution in [1.82, 2.24) is 20.2 Å². The van der Waals surface area contributed by atoms with Gasteiger partial charge in [0.15, 0.2) is 0 Å². The number of hydrogen-bond acceptors (Lipinski definition) is 4. The van der Waals surface area contributed by atoms with E-state index in [1.165, 1.54) is 0 Å². The molecule has 5 heteroatoms. The second-order valence-electron chi connectivity index (χ2n) is 3.46. The monoisotopic (exact) mass is 203 g/mol. The van der Waals surface area contributed by atoms with E-state index in [0.717, 1.165) is 16.8 Å². The molecular formula is C10H13N5. The van der Waals surface area contributed by atoms with E-state index in [4.69, 9.17) is 0 Å². The molecular weight excluding hydrogens is 190 g/mol. The lowest BCUT2D eigenvalue weighted by molar-refractivity contribution is 1.02. The van der Waals surface area contributed by atoms with Crippen LogP contribution in [0.3, 0.4) is 0 Å². The van der Waals surface area contributed by atoms with Crippen molar-refractivity contribution in [3.05, 3.63) is 35.4 Å². The van der Waals surface area contributed by atoms with Gasteiger partial charge in [0.2, 0.25) is 5.95 Å². The van der Waals surface area contributed by atoms with Gasteiger partial charge in [-0.1, -0.05) is 0 Å². The minimum Gasteiger partial charge on any atom is -0.350 e. The first kappa shape index (κ1) is 9.64. The van der Waals surface area contributed by atoms with Gasteiger partial charge in [0.25, 0.3) is 0 Å². The first-order valence-corrected chi connectivity index (χ1v) is 4.77. The van der Waals surface area contributed by atoms with Crippen molar-refractivity contribution in [3.63, 3.8) is 0 Å². The predicted molar refractivity (Wildman–Crippen MR) is 57.4 cm³/mol. The Kier molecular flexibility index (Phi) is 2.62. The fourth-order valence-electron chi connectivity index (χ4n) is 1.21. The molecule has 15 heavy (non-hydrogen) atoms. The number of aryl methyl sites for hydroxylation is 2. The number of H-pyrrole nitrogens is 1. The summed E-state index contributed by atoms with van der Waals surface area (Å²) >= 11 is 0. The quantitative estimate of drug-likeness (QED) is 0.791. The minimum atomic E-state index is 0.640. The predicted octanol–water partition coefficient (Wildman–Crippen LogP) is 1.43. The third-order valence-corrected chi connectivity index (χ3v) is 2.15. The molecule has 2 rings (SSSR count). The van der Waals surface area contributed by atoms with Crippen LogP contribution < -0.4 is 5.32 Å². The summed E-state index contributed by atoms with van der Waals surface area (Å²) in [4.78, 5) is 8.31. The van der Waals surface area contributed by atoms with Crippen molar-refractivity contribution < 1.29 is 0 Å². The highest BCUT2D eigenvalue weighted by atomic mass is 15.1. The molecule has 0 fully saturated rings. The van der Waals surface area contributed by atoms with Gasteiger partial charge in [-0.05, 0) is 19.4 Å². The largest absolute Gasteiger partial charge is 0.350 e. The van der Waals surface area contributed by atoms with Crippen LogP contribution in [0.5, 0.6) is 0 Å². The molecule has 0 atom stereocenters. The van der Waals surface area contributed by atoms with Crippen LogP contribution in [0.15, 0.2) is 18.6 Å². The summed E-state index contributed by atoms with van der Waals surface area (Å²) < 4.78 is 0. The lowest BCUT2D eigenvalue weighted by Crippen LogP contribution is -2.03. The fraction of sp³-hybridized carbons (Fsp3) is 0.300. The number of aromatic amines is 1. The molecule has 0 aliphatic carbocycles. The normalized spacial score (nSPS) is 10.3. The van der Waals surface area contributed by atoms with Crippen LogP contribution in [-0.4, -0.2) is 20.2 Å². The Morgan fingerprint density at radius 1 is 1.20 bits per heavy atom.